The molecule has 0 amide bonds. The van der Waals surface area contributed by atoms with Gasteiger partial charge in [0.15, 0.2) is 5.82 Å². The normalized spacial score (nSPS) is 21.3. The van der Waals surface area contributed by atoms with Gasteiger partial charge in [-0.2, -0.15) is 10.2 Å². The van der Waals surface area contributed by atoms with E-state index >= 15 is 0 Å². The molecule has 4 aromatic rings. The lowest BCUT2D eigenvalue weighted by Gasteiger charge is -2.38. The number of hydrogen-bond donors (Lipinski definition) is 2. The Balaban J connectivity index is 1.34. The smallest absolute Gasteiger partial charge is 0.153 e. The Morgan fingerprint density at radius 3 is 2.93 bits per heavy atom. The van der Waals surface area contributed by atoms with Gasteiger partial charge in [-0.3, -0.25) is 4.68 Å². The van der Waals surface area contributed by atoms with Gasteiger partial charge in [0, 0.05) is 37.7 Å². The van der Waals surface area contributed by atoms with E-state index in [2.05, 4.69) is 19.9 Å². The molecule has 1 fully saturated rings. The molecule has 0 saturated heterocycles. The number of aliphatic hydroxyl groups excluding tert-OH is 1. The molecule has 0 bridgehead atoms. The number of nitrogens with zero attached hydrogens (tertiary/aromatic N) is 5. The van der Waals surface area contributed by atoms with E-state index in [0.29, 0.717) is 11.4 Å². The van der Waals surface area contributed by atoms with Crippen LogP contribution in [0.5, 0.6) is 0 Å². The fourth-order valence-electron chi connectivity index (χ4n) is 3.66. The molecule has 7 nitrogen and oxygen atoms in total. The van der Waals surface area contributed by atoms with Gasteiger partial charge in [-0.05, 0) is 35.7 Å². The molecule has 5 rings (SSSR count). The van der Waals surface area contributed by atoms with Crippen LogP contribution in [0.1, 0.15) is 18.4 Å². The van der Waals surface area contributed by atoms with E-state index in [1.54, 1.807) is 29.2 Å². The van der Waals surface area contributed by atoms with Crippen molar-refractivity contribution in [3.8, 4) is 5.82 Å². The number of pyridine rings is 1. The average molecular weight is 410 g/mol. The standard InChI is InChI=1S/C20H19FN6OS/c1-26-19-13(10-23-26)3-2-4-17(19)25-29-16-11-24-27(12-16)18-7-14(5-6-22-18)20(21)8-15(28)9-20/h2-7,10-12,15,25,28H,8-9H2,1H3. The van der Waals surface area contributed by atoms with Crippen molar-refractivity contribution in [3.05, 3.63) is 60.7 Å². The lowest BCUT2D eigenvalue weighted by Crippen LogP contribution is -2.40. The van der Waals surface area contributed by atoms with Crippen molar-refractivity contribution < 1.29 is 9.50 Å². The van der Waals surface area contributed by atoms with E-state index in [1.165, 1.54) is 11.9 Å². The molecule has 0 radical (unpaired) electrons. The van der Waals surface area contributed by atoms with Gasteiger partial charge in [0.25, 0.3) is 0 Å². The topological polar surface area (TPSA) is 80.8 Å². The first kappa shape index (κ1) is 18.1. The molecular weight excluding hydrogens is 391 g/mol. The maximum atomic E-state index is 14.8. The van der Waals surface area contributed by atoms with E-state index in [1.807, 2.05) is 42.3 Å². The van der Waals surface area contributed by atoms with Crippen LogP contribution < -0.4 is 4.72 Å². The number of nitrogens with one attached hydrogen (secondary N) is 1. The Kier molecular flexibility index (Phi) is 4.29. The maximum absolute atomic E-state index is 14.8. The molecule has 3 aromatic heterocycles. The van der Waals surface area contributed by atoms with E-state index in [9.17, 15) is 9.50 Å². The minimum absolute atomic E-state index is 0.125. The first-order chi connectivity index (χ1) is 14.0. The molecule has 1 aromatic carbocycles. The quantitative estimate of drug-likeness (QED) is 0.490. The van der Waals surface area contributed by atoms with Crippen molar-refractivity contribution in [2.24, 2.45) is 7.05 Å². The summed E-state index contributed by atoms with van der Waals surface area (Å²) in [4.78, 5) is 5.20. The van der Waals surface area contributed by atoms with Gasteiger partial charge in [-0.15, -0.1) is 0 Å². The highest BCUT2D eigenvalue weighted by atomic mass is 32.2. The number of halogens is 1. The molecule has 9 heteroatoms. The van der Waals surface area contributed by atoms with Crippen LogP contribution in [0.4, 0.5) is 10.1 Å². The number of hydrogen-bond acceptors (Lipinski definition) is 6. The van der Waals surface area contributed by atoms with Crippen LogP contribution in [0, 0.1) is 0 Å². The van der Waals surface area contributed by atoms with Gasteiger partial charge in [-0.1, -0.05) is 12.1 Å². The third-order valence-electron chi connectivity index (χ3n) is 5.21. The highest BCUT2D eigenvalue weighted by Crippen LogP contribution is 2.45. The zero-order valence-electron chi connectivity index (χ0n) is 15.7. The molecule has 29 heavy (non-hydrogen) atoms. The monoisotopic (exact) mass is 410 g/mol. The number of para-hydroxylation sites is 1. The molecule has 1 saturated carbocycles. The zero-order valence-corrected chi connectivity index (χ0v) is 16.5. The molecule has 0 spiro atoms. The number of aromatic nitrogens is 5. The van der Waals surface area contributed by atoms with Crippen molar-refractivity contribution in [1.29, 1.82) is 0 Å². The van der Waals surface area contributed by atoms with Gasteiger partial charge in [-0.25, -0.2) is 14.1 Å². The van der Waals surface area contributed by atoms with Crippen LogP contribution in [0.2, 0.25) is 0 Å². The number of alkyl halides is 1. The fraction of sp³-hybridized carbons (Fsp3) is 0.250. The summed E-state index contributed by atoms with van der Waals surface area (Å²) in [6.45, 7) is 0. The Morgan fingerprint density at radius 2 is 2.10 bits per heavy atom. The molecule has 1 aliphatic carbocycles. The Morgan fingerprint density at radius 1 is 1.24 bits per heavy atom. The molecule has 0 atom stereocenters. The minimum Gasteiger partial charge on any atom is -0.393 e. The highest BCUT2D eigenvalue weighted by Gasteiger charge is 2.45. The molecule has 1 aliphatic rings. The van der Waals surface area contributed by atoms with Gasteiger partial charge >= 0.3 is 0 Å². The summed E-state index contributed by atoms with van der Waals surface area (Å²) in [6.07, 6.45) is 6.66. The van der Waals surface area contributed by atoms with Crippen molar-refractivity contribution in [1.82, 2.24) is 24.5 Å². The molecule has 0 unspecified atom stereocenters. The number of rotatable bonds is 5. The molecule has 0 aliphatic heterocycles. The van der Waals surface area contributed by atoms with Crippen LogP contribution >= 0.6 is 11.9 Å². The lowest BCUT2D eigenvalue weighted by molar-refractivity contribution is -0.0606. The average Bonchev–Trinajstić information content (AvgIpc) is 3.33. The van der Waals surface area contributed by atoms with E-state index in [0.717, 1.165) is 21.5 Å². The van der Waals surface area contributed by atoms with Crippen LogP contribution in [0.25, 0.3) is 16.7 Å². The second-order valence-electron chi connectivity index (χ2n) is 7.27. The summed E-state index contributed by atoms with van der Waals surface area (Å²) >= 11 is 1.43. The van der Waals surface area contributed by atoms with Crippen molar-refractivity contribution in [2.45, 2.75) is 29.5 Å². The first-order valence-corrected chi connectivity index (χ1v) is 10.1. The molecule has 148 valence electrons. The first-order valence-electron chi connectivity index (χ1n) is 9.24. The summed E-state index contributed by atoms with van der Waals surface area (Å²) in [6, 6.07) is 9.35. The summed E-state index contributed by atoms with van der Waals surface area (Å²) in [5, 5.41) is 19.2. The minimum atomic E-state index is -1.48. The van der Waals surface area contributed by atoms with Gasteiger partial charge < -0.3 is 9.83 Å². The van der Waals surface area contributed by atoms with Crippen molar-refractivity contribution in [3.63, 3.8) is 0 Å². The predicted octanol–water partition coefficient (Wildman–Crippen LogP) is 3.59. The van der Waals surface area contributed by atoms with E-state index < -0.39 is 11.8 Å². The van der Waals surface area contributed by atoms with Gasteiger partial charge in [0.1, 0.15) is 5.67 Å². The van der Waals surface area contributed by atoms with E-state index in [4.69, 9.17) is 0 Å². The number of aryl methyl sites for hydroxylation is 1. The zero-order chi connectivity index (χ0) is 20.0. The Labute approximate surface area is 170 Å². The lowest BCUT2D eigenvalue weighted by atomic mass is 9.75. The number of aliphatic hydroxyl groups is 1. The van der Waals surface area contributed by atoms with Crippen molar-refractivity contribution in [2.75, 3.05) is 4.72 Å². The third-order valence-corrected chi connectivity index (χ3v) is 5.98. The second-order valence-corrected chi connectivity index (χ2v) is 8.15. The highest BCUT2D eigenvalue weighted by molar-refractivity contribution is 8.00. The van der Waals surface area contributed by atoms with Gasteiger partial charge in [0.05, 0.1) is 34.6 Å². The predicted molar refractivity (Wildman–Crippen MR) is 110 cm³/mol. The van der Waals surface area contributed by atoms with Crippen LogP contribution in [-0.4, -0.2) is 35.8 Å². The molecule has 2 N–H and O–H groups in total. The second kappa shape index (κ2) is 6.85. The maximum Gasteiger partial charge on any atom is 0.153 e. The van der Waals surface area contributed by atoms with E-state index in [-0.39, 0.29) is 12.8 Å². The number of fused-ring (bicyclic) bond motifs is 1. The number of anilines is 1. The summed E-state index contributed by atoms with van der Waals surface area (Å²) < 4.78 is 21.6. The Bertz CT molecular complexity index is 1180. The van der Waals surface area contributed by atoms with Gasteiger partial charge in [0.2, 0.25) is 0 Å². The van der Waals surface area contributed by atoms with Crippen LogP contribution in [0.15, 0.2) is 60.0 Å². The van der Waals surface area contributed by atoms with Crippen molar-refractivity contribution >= 4 is 28.5 Å². The summed E-state index contributed by atoms with van der Waals surface area (Å²) in [5.41, 5.74) is 1.03. The summed E-state index contributed by atoms with van der Waals surface area (Å²) in [7, 11) is 1.91. The third kappa shape index (κ3) is 3.26. The molecule has 3 heterocycles. The number of benzene rings is 1. The molecular formula is C20H19FN6OS. The Hall–Kier alpha value is -2.91. The summed E-state index contributed by atoms with van der Waals surface area (Å²) in [5.74, 6) is 0.543. The SMILES string of the molecule is Cn1ncc2cccc(NSc3cnn(-c4cc(C5(F)CC(O)C5)ccn4)c3)c21. The van der Waals surface area contributed by atoms with Crippen LogP contribution in [0.3, 0.4) is 0 Å². The van der Waals surface area contributed by atoms with Crippen LogP contribution in [-0.2, 0) is 12.7 Å². The largest absolute Gasteiger partial charge is 0.393 e. The fourth-order valence-corrected chi connectivity index (χ4v) is 4.30.